The van der Waals surface area contributed by atoms with Crippen molar-refractivity contribution in [2.45, 2.75) is 46.5 Å². The molecule has 1 aromatic heterocycles. The summed E-state index contributed by atoms with van der Waals surface area (Å²) in [7, 11) is 0. The molecule has 0 amide bonds. The van der Waals surface area contributed by atoms with Gasteiger partial charge in [-0.25, -0.2) is 4.98 Å². The Hall–Kier alpha value is -0.450. The standard InChI is InChI=1S/C16H28N2OS/c1-13(2)10-17-11-16(6-8-19-9-7-16)5-4-15-14(3)18-12-20-15/h12-13,17H,4-11H2,1-3H3. The first-order chi connectivity index (χ1) is 9.61. The lowest BCUT2D eigenvalue weighted by atomic mass is 9.76. The van der Waals surface area contributed by atoms with E-state index in [1.807, 2.05) is 5.51 Å². The largest absolute Gasteiger partial charge is 0.381 e. The fourth-order valence-corrected chi connectivity index (χ4v) is 3.67. The monoisotopic (exact) mass is 296 g/mol. The maximum absolute atomic E-state index is 5.58. The zero-order valence-electron chi connectivity index (χ0n) is 13.1. The number of hydrogen-bond donors (Lipinski definition) is 1. The molecule has 1 saturated heterocycles. The first-order valence-electron chi connectivity index (χ1n) is 7.79. The lowest BCUT2D eigenvalue weighted by Crippen LogP contribution is -2.40. The van der Waals surface area contributed by atoms with E-state index >= 15 is 0 Å². The summed E-state index contributed by atoms with van der Waals surface area (Å²) in [6.07, 6.45) is 4.80. The van der Waals surface area contributed by atoms with E-state index < -0.39 is 0 Å². The summed E-state index contributed by atoms with van der Waals surface area (Å²) in [5, 5.41) is 3.67. The zero-order chi connectivity index (χ0) is 14.4. The van der Waals surface area contributed by atoms with Crippen LogP contribution in [0.2, 0.25) is 0 Å². The maximum atomic E-state index is 5.58. The lowest BCUT2D eigenvalue weighted by molar-refractivity contribution is 0.0104. The molecule has 1 fully saturated rings. The molecule has 1 aliphatic rings. The van der Waals surface area contributed by atoms with Gasteiger partial charge in [-0.15, -0.1) is 11.3 Å². The smallest absolute Gasteiger partial charge is 0.0797 e. The van der Waals surface area contributed by atoms with Crippen molar-refractivity contribution in [2.24, 2.45) is 11.3 Å². The van der Waals surface area contributed by atoms with Crippen LogP contribution in [0.25, 0.3) is 0 Å². The van der Waals surface area contributed by atoms with E-state index in [0.29, 0.717) is 5.41 Å². The molecule has 0 saturated carbocycles. The number of aryl methyl sites for hydroxylation is 2. The van der Waals surface area contributed by atoms with Crippen LogP contribution in [0, 0.1) is 18.3 Å². The van der Waals surface area contributed by atoms with Crippen molar-refractivity contribution in [1.82, 2.24) is 10.3 Å². The third-order valence-corrected chi connectivity index (χ3v) is 5.33. The zero-order valence-corrected chi connectivity index (χ0v) is 13.9. The van der Waals surface area contributed by atoms with Crippen LogP contribution in [0.5, 0.6) is 0 Å². The highest BCUT2D eigenvalue weighted by Gasteiger charge is 2.32. The average Bonchev–Trinajstić information content (AvgIpc) is 2.83. The highest BCUT2D eigenvalue weighted by molar-refractivity contribution is 7.09. The van der Waals surface area contributed by atoms with Gasteiger partial charge in [0.2, 0.25) is 0 Å². The first-order valence-corrected chi connectivity index (χ1v) is 8.67. The summed E-state index contributed by atoms with van der Waals surface area (Å²) in [5.41, 5.74) is 3.61. The van der Waals surface area contributed by atoms with Gasteiger partial charge in [0.1, 0.15) is 0 Å². The van der Waals surface area contributed by atoms with E-state index in [1.165, 1.54) is 36.3 Å². The molecule has 4 heteroatoms. The van der Waals surface area contributed by atoms with Crippen molar-refractivity contribution in [3.05, 3.63) is 16.1 Å². The van der Waals surface area contributed by atoms with E-state index in [0.717, 1.165) is 32.2 Å². The number of hydrogen-bond acceptors (Lipinski definition) is 4. The van der Waals surface area contributed by atoms with Gasteiger partial charge in [-0.3, -0.25) is 0 Å². The van der Waals surface area contributed by atoms with Gasteiger partial charge in [-0.2, -0.15) is 0 Å². The number of thiazole rings is 1. The predicted molar refractivity (Wildman–Crippen MR) is 85.4 cm³/mol. The summed E-state index contributed by atoms with van der Waals surface area (Å²) in [5.74, 6) is 0.718. The van der Waals surface area contributed by atoms with Crippen molar-refractivity contribution in [3.8, 4) is 0 Å². The quantitative estimate of drug-likeness (QED) is 0.837. The number of rotatable bonds is 7. The Bertz CT molecular complexity index is 397. The number of aromatic nitrogens is 1. The Kier molecular flexibility index (Phi) is 6.00. The van der Waals surface area contributed by atoms with Gasteiger partial charge in [0.15, 0.2) is 0 Å². The Balaban J connectivity index is 1.90. The van der Waals surface area contributed by atoms with Crippen LogP contribution in [0.15, 0.2) is 5.51 Å². The van der Waals surface area contributed by atoms with Crippen LogP contribution < -0.4 is 5.32 Å². The van der Waals surface area contributed by atoms with E-state index in [1.54, 1.807) is 11.3 Å². The molecule has 1 aliphatic heterocycles. The van der Waals surface area contributed by atoms with Crippen molar-refractivity contribution >= 4 is 11.3 Å². The minimum atomic E-state index is 0.420. The van der Waals surface area contributed by atoms with Crippen LogP contribution in [-0.4, -0.2) is 31.3 Å². The molecule has 0 bridgehead atoms. The van der Waals surface area contributed by atoms with Gasteiger partial charge in [0.25, 0.3) is 0 Å². The molecule has 2 rings (SSSR count). The molecule has 0 aromatic carbocycles. The molecule has 20 heavy (non-hydrogen) atoms. The van der Waals surface area contributed by atoms with Gasteiger partial charge >= 0.3 is 0 Å². The van der Waals surface area contributed by atoms with Crippen molar-refractivity contribution in [2.75, 3.05) is 26.3 Å². The Morgan fingerprint density at radius 3 is 2.75 bits per heavy atom. The highest BCUT2D eigenvalue weighted by atomic mass is 32.1. The van der Waals surface area contributed by atoms with E-state index in [-0.39, 0.29) is 0 Å². The van der Waals surface area contributed by atoms with Crippen LogP contribution in [-0.2, 0) is 11.2 Å². The highest BCUT2D eigenvalue weighted by Crippen LogP contribution is 2.35. The fraction of sp³-hybridized carbons (Fsp3) is 0.812. The van der Waals surface area contributed by atoms with Crippen LogP contribution in [0.1, 0.15) is 43.7 Å². The molecule has 2 heterocycles. The fourth-order valence-electron chi connectivity index (χ4n) is 2.89. The predicted octanol–water partition coefficient (Wildman–Crippen LogP) is 3.43. The first kappa shape index (κ1) is 15.9. The summed E-state index contributed by atoms with van der Waals surface area (Å²) in [4.78, 5) is 5.82. The summed E-state index contributed by atoms with van der Waals surface area (Å²) in [6, 6.07) is 0. The molecule has 114 valence electrons. The molecule has 3 nitrogen and oxygen atoms in total. The van der Waals surface area contributed by atoms with Crippen LogP contribution in [0.3, 0.4) is 0 Å². The molecule has 0 aliphatic carbocycles. The van der Waals surface area contributed by atoms with Gasteiger partial charge in [-0.1, -0.05) is 13.8 Å². The molecular formula is C16H28N2OS. The van der Waals surface area contributed by atoms with E-state index in [4.69, 9.17) is 4.74 Å². The van der Waals surface area contributed by atoms with Crippen LogP contribution in [0.4, 0.5) is 0 Å². The second-order valence-corrected chi connectivity index (χ2v) is 7.44. The molecular weight excluding hydrogens is 268 g/mol. The molecule has 0 radical (unpaired) electrons. The second-order valence-electron chi connectivity index (χ2n) is 6.50. The Labute approximate surface area is 127 Å². The molecule has 1 aromatic rings. The normalized spacial score (nSPS) is 18.6. The summed E-state index contributed by atoms with van der Waals surface area (Å²) >= 11 is 1.80. The van der Waals surface area contributed by atoms with Gasteiger partial charge in [0.05, 0.1) is 11.2 Å². The van der Waals surface area contributed by atoms with Crippen molar-refractivity contribution in [1.29, 1.82) is 0 Å². The average molecular weight is 296 g/mol. The molecule has 1 N–H and O–H groups in total. The minimum Gasteiger partial charge on any atom is -0.381 e. The second kappa shape index (κ2) is 7.53. The Morgan fingerprint density at radius 1 is 1.40 bits per heavy atom. The van der Waals surface area contributed by atoms with Crippen molar-refractivity contribution in [3.63, 3.8) is 0 Å². The number of nitrogens with one attached hydrogen (secondary N) is 1. The third-order valence-electron chi connectivity index (χ3n) is 4.33. The molecule has 0 spiro atoms. The third kappa shape index (κ3) is 4.54. The Morgan fingerprint density at radius 2 is 2.15 bits per heavy atom. The van der Waals surface area contributed by atoms with E-state index in [2.05, 4.69) is 31.1 Å². The SMILES string of the molecule is Cc1ncsc1CCC1(CNCC(C)C)CCOCC1. The van der Waals surface area contributed by atoms with Crippen molar-refractivity contribution < 1.29 is 4.74 Å². The molecule has 0 unspecified atom stereocenters. The number of ether oxygens (including phenoxy) is 1. The maximum Gasteiger partial charge on any atom is 0.0797 e. The van der Waals surface area contributed by atoms with Gasteiger partial charge < -0.3 is 10.1 Å². The summed E-state index contributed by atoms with van der Waals surface area (Å²) in [6.45, 7) is 10.7. The minimum absolute atomic E-state index is 0.420. The lowest BCUT2D eigenvalue weighted by Gasteiger charge is -2.38. The van der Waals surface area contributed by atoms with E-state index in [9.17, 15) is 0 Å². The van der Waals surface area contributed by atoms with Crippen LogP contribution >= 0.6 is 11.3 Å². The number of nitrogens with zero attached hydrogens (tertiary/aromatic N) is 1. The topological polar surface area (TPSA) is 34.2 Å². The molecule has 0 atom stereocenters. The van der Waals surface area contributed by atoms with Gasteiger partial charge in [-0.05, 0) is 50.5 Å². The van der Waals surface area contributed by atoms with Gasteiger partial charge in [0, 0.05) is 24.6 Å². The summed E-state index contributed by atoms with van der Waals surface area (Å²) < 4.78 is 5.58.